The molecule has 0 bridgehead atoms. The number of hydrogen-bond donors (Lipinski definition) is 1. The Labute approximate surface area is 135 Å². The summed E-state index contributed by atoms with van der Waals surface area (Å²) in [6.07, 6.45) is 2.34. The van der Waals surface area contributed by atoms with Crippen LogP contribution in [0.1, 0.15) is 35.9 Å². The van der Waals surface area contributed by atoms with Crippen molar-refractivity contribution in [2.24, 2.45) is 0 Å². The van der Waals surface area contributed by atoms with E-state index in [1.54, 1.807) is 10.7 Å². The maximum absolute atomic E-state index is 12.6. The van der Waals surface area contributed by atoms with Gasteiger partial charge in [0.15, 0.2) is 5.82 Å². The zero-order valence-electron chi connectivity index (χ0n) is 13.6. The van der Waals surface area contributed by atoms with Crippen LogP contribution < -0.4 is 5.32 Å². The Balaban J connectivity index is 1.74. The van der Waals surface area contributed by atoms with Gasteiger partial charge in [0.1, 0.15) is 0 Å². The van der Waals surface area contributed by atoms with Gasteiger partial charge in [-0.1, -0.05) is 19.1 Å². The van der Waals surface area contributed by atoms with Crippen LogP contribution in [-0.2, 0) is 0 Å². The molecule has 7 nitrogen and oxygen atoms in total. The summed E-state index contributed by atoms with van der Waals surface area (Å²) in [7, 11) is 0. The average Bonchev–Trinajstić information content (AvgIpc) is 3.20. The van der Waals surface area contributed by atoms with E-state index in [1.165, 1.54) is 6.42 Å². The lowest BCUT2D eigenvalue weighted by molar-refractivity contribution is 0.0941. The molecule has 1 aliphatic rings. The first kappa shape index (κ1) is 15.6. The number of rotatable bonds is 5. The van der Waals surface area contributed by atoms with Crippen molar-refractivity contribution in [3.8, 4) is 5.69 Å². The number of para-hydroxylation sites is 1. The van der Waals surface area contributed by atoms with Crippen LogP contribution in [-0.4, -0.2) is 56.7 Å². The summed E-state index contributed by atoms with van der Waals surface area (Å²) in [4.78, 5) is 15.0. The van der Waals surface area contributed by atoms with Crippen molar-refractivity contribution in [2.75, 3.05) is 19.6 Å². The van der Waals surface area contributed by atoms with Gasteiger partial charge >= 0.3 is 0 Å². The number of tetrazole rings is 1. The lowest BCUT2D eigenvalue weighted by Gasteiger charge is -2.23. The molecule has 0 aliphatic carbocycles. The van der Waals surface area contributed by atoms with Crippen molar-refractivity contribution in [1.82, 2.24) is 30.4 Å². The summed E-state index contributed by atoms with van der Waals surface area (Å²) in [6, 6.07) is 7.82. The third-order valence-corrected chi connectivity index (χ3v) is 4.41. The molecule has 3 rings (SSSR count). The molecule has 1 N–H and O–H groups in total. The molecule has 0 unspecified atom stereocenters. The van der Waals surface area contributed by atoms with Gasteiger partial charge in [-0.25, -0.2) is 0 Å². The average molecular weight is 314 g/mol. The number of nitrogens with one attached hydrogen (secondary N) is 1. The van der Waals surface area contributed by atoms with Gasteiger partial charge in [0, 0.05) is 12.6 Å². The molecule has 0 radical (unpaired) electrons. The van der Waals surface area contributed by atoms with E-state index in [0.29, 0.717) is 29.7 Å². The second kappa shape index (κ2) is 6.87. The molecule has 1 saturated heterocycles. The molecule has 1 amide bonds. The topological polar surface area (TPSA) is 75.9 Å². The number of carbonyl (C=O) groups excluding carboxylic acids is 1. The van der Waals surface area contributed by atoms with Crippen LogP contribution in [0.4, 0.5) is 0 Å². The molecular formula is C16H22N6O. The molecule has 122 valence electrons. The van der Waals surface area contributed by atoms with Gasteiger partial charge in [-0.15, -0.1) is 5.10 Å². The van der Waals surface area contributed by atoms with Crippen LogP contribution in [0.5, 0.6) is 0 Å². The number of benzene rings is 1. The van der Waals surface area contributed by atoms with Crippen LogP contribution in [0.2, 0.25) is 0 Å². The summed E-state index contributed by atoms with van der Waals surface area (Å²) in [6.45, 7) is 6.80. The van der Waals surface area contributed by atoms with Crippen LogP contribution in [0.15, 0.2) is 24.3 Å². The van der Waals surface area contributed by atoms with Gasteiger partial charge < -0.3 is 5.32 Å². The van der Waals surface area contributed by atoms with Gasteiger partial charge in [-0.2, -0.15) is 4.68 Å². The highest BCUT2D eigenvalue weighted by Crippen LogP contribution is 2.17. The van der Waals surface area contributed by atoms with Gasteiger partial charge in [-0.3, -0.25) is 9.69 Å². The van der Waals surface area contributed by atoms with E-state index < -0.39 is 0 Å². The van der Waals surface area contributed by atoms with Crippen LogP contribution in [0.3, 0.4) is 0 Å². The van der Waals surface area contributed by atoms with Crippen molar-refractivity contribution in [3.05, 3.63) is 35.7 Å². The highest BCUT2D eigenvalue weighted by Gasteiger charge is 2.24. The Kier molecular flexibility index (Phi) is 4.66. The first-order valence-electron chi connectivity index (χ1n) is 8.07. The largest absolute Gasteiger partial charge is 0.350 e. The van der Waals surface area contributed by atoms with Gasteiger partial charge in [0.05, 0.1) is 11.3 Å². The van der Waals surface area contributed by atoms with E-state index in [9.17, 15) is 4.79 Å². The van der Waals surface area contributed by atoms with E-state index in [1.807, 2.05) is 25.1 Å². The molecule has 1 aliphatic heterocycles. The molecule has 1 fully saturated rings. The molecule has 2 heterocycles. The Morgan fingerprint density at radius 3 is 2.96 bits per heavy atom. The smallest absolute Gasteiger partial charge is 0.253 e. The quantitative estimate of drug-likeness (QED) is 0.897. The van der Waals surface area contributed by atoms with Crippen molar-refractivity contribution in [1.29, 1.82) is 0 Å². The van der Waals surface area contributed by atoms with Gasteiger partial charge in [0.25, 0.3) is 5.91 Å². The van der Waals surface area contributed by atoms with Crippen LogP contribution in [0.25, 0.3) is 5.69 Å². The number of likely N-dealkylation sites (tertiary alicyclic amines) is 1. The highest BCUT2D eigenvalue weighted by atomic mass is 16.1. The van der Waals surface area contributed by atoms with E-state index in [0.717, 1.165) is 19.5 Å². The fourth-order valence-electron chi connectivity index (χ4n) is 3.15. The maximum Gasteiger partial charge on any atom is 0.253 e. The van der Waals surface area contributed by atoms with E-state index in [-0.39, 0.29) is 5.91 Å². The normalized spacial score (nSPS) is 18.3. The third kappa shape index (κ3) is 3.24. The van der Waals surface area contributed by atoms with Gasteiger partial charge in [0.2, 0.25) is 0 Å². The summed E-state index contributed by atoms with van der Waals surface area (Å²) in [5.74, 6) is 0.566. The second-order valence-electron chi connectivity index (χ2n) is 5.79. The van der Waals surface area contributed by atoms with Crippen molar-refractivity contribution in [2.45, 2.75) is 32.7 Å². The standard InChI is InChI=1S/C16H22N6O/c1-3-21-10-6-7-13(21)11-17-16(23)14-8-4-5-9-15(14)22-12(2)18-19-20-22/h4-5,8-9,13H,3,6-7,10-11H2,1-2H3,(H,17,23)/t13-/m1/s1. The van der Waals surface area contributed by atoms with Crippen molar-refractivity contribution >= 4 is 5.91 Å². The predicted octanol–water partition coefficient (Wildman–Crippen LogP) is 1.18. The number of likely N-dealkylation sites (N-methyl/N-ethyl adjacent to an activating group) is 1. The zero-order chi connectivity index (χ0) is 16.2. The van der Waals surface area contributed by atoms with Crippen LogP contribution >= 0.6 is 0 Å². The van der Waals surface area contributed by atoms with E-state index in [2.05, 4.69) is 32.7 Å². The molecule has 1 atom stereocenters. The van der Waals surface area contributed by atoms with E-state index in [4.69, 9.17) is 0 Å². The summed E-state index contributed by atoms with van der Waals surface area (Å²) in [5.41, 5.74) is 1.29. The molecular weight excluding hydrogens is 292 g/mol. The number of nitrogens with zero attached hydrogens (tertiary/aromatic N) is 5. The Morgan fingerprint density at radius 2 is 2.22 bits per heavy atom. The van der Waals surface area contributed by atoms with Crippen molar-refractivity contribution in [3.63, 3.8) is 0 Å². The monoisotopic (exact) mass is 314 g/mol. The minimum atomic E-state index is -0.0848. The molecule has 0 saturated carbocycles. The number of aromatic nitrogens is 4. The van der Waals surface area contributed by atoms with Crippen molar-refractivity contribution < 1.29 is 4.79 Å². The molecule has 1 aromatic carbocycles. The second-order valence-corrected chi connectivity index (χ2v) is 5.79. The Morgan fingerprint density at radius 1 is 1.39 bits per heavy atom. The zero-order valence-corrected chi connectivity index (χ0v) is 13.6. The first-order valence-corrected chi connectivity index (χ1v) is 8.07. The fraction of sp³-hybridized carbons (Fsp3) is 0.500. The Hall–Kier alpha value is -2.28. The predicted molar refractivity (Wildman–Crippen MR) is 86.5 cm³/mol. The SMILES string of the molecule is CCN1CCC[C@@H]1CNC(=O)c1ccccc1-n1nnnc1C. The lowest BCUT2D eigenvalue weighted by Crippen LogP contribution is -2.40. The molecule has 1 aromatic heterocycles. The summed E-state index contributed by atoms with van der Waals surface area (Å²) < 4.78 is 1.59. The first-order chi connectivity index (χ1) is 11.2. The molecule has 7 heteroatoms. The molecule has 0 spiro atoms. The maximum atomic E-state index is 12.6. The number of amides is 1. The number of carbonyl (C=O) groups is 1. The summed E-state index contributed by atoms with van der Waals surface area (Å²) >= 11 is 0. The molecule has 23 heavy (non-hydrogen) atoms. The number of aryl methyl sites for hydroxylation is 1. The van der Waals surface area contributed by atoms with Crippen LogP contribution in [0, 0.1) is 6.92 Å². The lowest BCUT2D eigenvalue weighted by atomic mass is 10.1. The summed E-state index contributed by atoms with van der Waals surface area (Å²) in [5, 5.41) is 14.6. The highest BCUT2D eigenvalue weighted by molar-refractivity contribution is 5.97. The molecule has 2 aromatic rings. The fourth-order valence-corrected chi connectivity index (χ4v) is 3.15. The minimum Gasteiger partial charge on any atom is -0.350 e. The third-order valence-electron chi connectivity index (χ3n) is 4.41. The minimum absolute atomic E-state index is 0.0848. The Bertz CT molecular complexity index is 683. The number of hydrogen-bond acceptors (Lipinski definition) is 5. The van der Waals surface area contributed by atoms with E-state index >= 15 is 0 Å². The van der Waals surface area contributed by atoms with Gasteiger partial charge in [-0.05, 0) is 55.4 Å².